The van der Waals surface area contributed by atoms with E-state index >= 15 is 0 Å². The number of imide groups is 1. The van der Waals surface area contributed by atoms with Crippen LogP contribution >= 0.6 is 0 Å². The number of amides is 4. The van der Waals surface area contributed by atoms with E-state index in [4.69, 9.17) is 4.74 Å². The number of carbonyl (C=O) groups is 3. The lowest BCUT2D eigenvalue weighted by Crippen LogP contribution is -2.54. The van der Waals surface area contributed by atoms with Gasteiger partial charge in [0.2, 0.25) is 5.91 Å². The summed E-state index contributed by atoms with van der Waals surface area (Å²) >= 11 is 0. The van der Waals surface area contributed by atoms with Gasteiger partial charge in [-0.05, 0) is 64.7 Å². The van der Waals surface area contributed by atoms with Gasteiger partial charge in [0.05, 0.1) is 5.52 Å². The predicted octanol–water partition coefficient (Wildman–Crippen LogP) is 3.18. The first-order chi connectivity index (χ1) is 18.5. The number of piperazine rings is 1. The Morgan fingerprint density at radius 2 is 1.92 bits per heavy atom. The Bertz CT molecular complexity index is 1250. The second-order valence-electron chi connectivity index (χ2n) is 12.1. The monoisotopic (exact) mass is 539 g/mol. The van der Waals surface area contributed by atoms with E-state index in [1.165, 1.54) is 0 Å². The Kier molecular flexibility index (Phi) is 7.45. The minimum Gasteiger partial charge on any atom is -0.444 e. The van der Waals surface area contributed by atoms with Crippen molar-refractivity contribution in [2.45, 2.75) is 58.6 Å². The number of nitrogens with zero attached hydrogens (tertiary/aromatic N) is 6. The summed E-state index contributed by atoms with van der Waals surface area (Å²) in [6, 6.07) is 6.18. The molecule has 3 aliphatic heterocycles. The predicted molar refractivity (Wildman–Crippen MR) is 150 cm³/mol. The smallest absolute Gasteiger partial charge is 0.410 e. The van der Waals surface area contributed by atoms with Crippen LogP contribution in [0.15, 0.2) is 18.2 Å². The van der Waals surface area contributed by atoms with Crippen molar-refractivity contribution in [3.8, 4) is 0 Å². The second kappa shape index (κ2) is 10.7. The summed E-state index contributed by atoms with van der Waals surface area (Å²) in [5.41, 5.74) is 1.61. The van der Waals surface area contributed by atoms with Gasteiger partial charge in [-0.25, -0.2) is 9.59 Å². The van der Waals surface area contributed by atoms with E-state index in [0.29, 0.717) is 24.3 Å². The zero-order valence-corrected chi connectivity index (χ0v) is 23.8. The van der Waals surface area contributed by atoms with Crippen molar-refractivity contribution >= 4 is 40.4 Å². The normalized spacial score (nSPS) is 23.4. The molecule has 1 aromatic heterocycles. The minimum atomic E-state index is -0.474. The van der Waals surface area contributed by atoms with E-state index in [0.717, 1.165) is 68.7 Å². The molecular formula is C28H41N7O4. The molecular weight excluding hydrogens is 498 g/mol. The van der Waals surface area contributed by atoms with Gasteiger partial charge in [-0.1, -0.05) is 0 Å². The summed E-state index contributed by atoms with van der Waals surface area (Å²) in [5, 5.41) is 7.89. The van der Waals surface area contributed by atoms with Crippen molar-refractivity contribution < 1.29 is 19.1 Å². The number of carbonyl (C=O) groups excluding carboxylic acids is 3. The van der Waals surface area contributed by atoms with Gasteiger partial charge < -0.3 is 14.5 Å². The average Bonchev–Trinajstić information content (AvgIpc) is 3.19. The number of aryl methyl sites for hydroxylation is 1. The lowest BCUT2D eigenvalue weighted by atomic mass is 9.97. The highest BCUT2D eigenvalue weighted by Gasteiger charge is 2.32. The van der Waals surface area contributed by atoms with Gasteiger partial charge in [-0.15, -0.1) is 0 Å². The molecule has 1 N–H and O–H groups in total. The van der Waals surface area contributed by atoms with E-state index in [1.54, 1.807) is 9.58 Å². The highest BCUT2D eigenvalue weighted by atomic mass is 16.6. The molecule has 2 atom stereocenters. The number of rotatable bonds is 4. The van der Waals surface area contributed by atoms with Crippen LogP contribution in [0.4, 0.5) is 21.1 Å². The summed E-state index contributed by atoms with van der Waals surface area (Å²) in [6.45, 7) is 13.7. The maximum Gasteiger partial charge on any atom is 0.410 e. The van der Waals surface area contributed by atoms with Crippen LogP contribution in [0.2, 0.25) is 0 Å². The molecule has 4 heterocycles. The Morgan fingerprint density at radius 3 is 2.64 bits per heavy atom. The summed E-state index contributed by atoms with van der Waals surface area (Å²) in [5.74, 6) is 0.780. The van der Waals surface area contributed by atoms with Crippen LogP contribution in [0, 0.1) is 5.92 Å². The van der Waals surface area contributed by atoms with E-state index in [-0.39, 0.29) is 18.4 Å². The van der Waals surface area contributed by atoms with Crippen molar-refractivity contribution in [3.05, 3.63) is 18.2 Å². The van der Waals surface area contributed by atoms with Crippen molar-refractivity contribution in [1.29, 1.82) is 0 Å². The second-order valence-corrected chi connectivity index (χ2v) is 12.1. The number of ether oxygens (including phenoxy) is 1. The number of fused-ring (bicyclic) bond motifs is 1. The van der Waals surface area contributed by atoms with Gasteiger partial charge in [-0.2, -0.15) is 5.10 Å². The Hall–Kier alpha value is -3.34. The molecule has 3 fully saturated rings. The number of hydrogen-bond donors (Lipinski definition) is 1. The van der Waals surface area contributed by atoms with Crippen LogP contribution < -0.4 is 15.1 Å². The largest absolute Gasteiger partial charge is 0.444 e. The van der Waals surface area contributed by atoms with Crippen LogP contribution in [-0.2, 0) is 16.6 Å². The van der Waals surface area contributed by atoms with Gasteiger partial charge in [-0.3, -0.25) is 24.6 Å². The SMILES string of the molecule is CC1CN(CC2CCCN(C(=O)OC(C)(C)C)C2)CCN1c1ccc2c(N3CCC(=O)NC3=O)nn(C)c2c1. The molecule has 0 radical (unpaired) electrons. The van der Waals surface area contributed by atoms with Crippen molar-refractivity contribution in [3.63, 3.8) is 0 Å². The lowest BCUT2D eigenvalue weighted by molar-refractivity contribution is -0.120. The first-order valence-corrected chi connectivity index (χ1v) is 14.0. The maximum atomic E-state index is 12.6. The van der Waals surface area contributed by atoms with Crippen molar-refractivity contribution in [2.75, 3.05) is 55.6 Å². The first-order valence-electron chi connectivity index (χ1n) is 14.0. The number of nitrogens with one attached hydrogen (secondary N) is 1. The third kappa shape index (κ3) is 5.98. The van der Waals surface area contributed by atoms with Gasteiger partial charge in [0.15, 0.2) is 5.82 Å². The fourth-order valence-corrected chi connectivity index (χ4v) is 6.02. The quantitative estimate of drug-likeness (QED) is 0.637. The standard InChI is InChI=1S/C28H41N7O4/c1-19-16-32(17-20-7-6-11-33(18-20)27(38)39-28(2,3)4)13-14-34(19)21-8-9-22-23(15-21)31(5)30-25(22)35-12-10-24(36)29-26(35)37/h8-9,15,19-20H,6-7,10-14,16-18H2,1-5H3,(H,29,36,37). The first kappa shape index (κ1) is 27.2. The molecule has 11 heteroatoms. The molecule has 0 bridgehead atoms. The number of anilines is 2. The Labute approximate surface area is 230 Å². The molecule has 0 aliphatic carbocycles. The fourth-order valence-electron chi connectivity index (χ4n) is 6.02. The highest BCUT2D eigenvalue weighted by Crippen LogP contribution is 2.32. The zero-order chi connectivity index (χ0) is 27.9. The van der Waals surface area contributed by atoms with Crippen LogP contribution in [0.1, 0.15) is 47.0 Å². The summed E-state index contributed by atoms with van der Waals surface area (Å²) in [6.07, 6.45) is 2.22. The average molecular weight is 540 g/mol. The third-order valence-electron chi connectivity index (χ3n) is 7.86. The highest BCUT2D eigenvalue weighted by molar-refractivity contribution is 6.09. The summed E-state index contributed by atoms with van der Waals surface area (Å²) < 4.78 is 7.41. The number of hydrogen-bond acceptors (Lipinski definition) is 7. The molecule has 5 rings (SSSR count). The molecule has 0 saturated carbocycles. The van der Waals surface area contributed by atoms with Gasteiger partial charge >= 0.3 is 12.1 Å². The van der Waals surface area contributed by atoms with Crippen LogP contribution in [0.25, 0.3) is 10.9 Å². The zero-order valence-electron chi connectivity index (χ0n) is 23.8. The molecule has 3 aliphatic rings. The summed E-state index contributed by atoms with van der Waals surface area (Å²) in [4.78, 5) is 44.9. The van der Waals surface area contributed by atoms with E-state index in [9.17, 15) is 14.4 Å². The number of piperidine rings is 1. The van der Waals surface area contributed by atoms with Gasteiger partial charge in [0, 0.05) is 76.4 Å². The molecule has 2 unspecified atom stereocenters. The topological polar surface area (TPSA) is 103 Å². The maximum absolute atomic E-state index is 12.6. The molecule has 3 saturated heterocycles. The van der Waals surface area contributed by atoms with Gasteiger partial charge in [0.25, 0.3) is 0 Å². The number of likely N-dealkylation sites (tertiary alicyclic amines) is 1. The number of urea groups is 1. The van der Waals surface area contributed by atoms with Crippen molar-refractivity contribution in [1.82, 2.24) is 24.9 Å². The molecule has 0 spiro atoms. The van der Waals surface area contributed by atoms with Crippen LogP contribution in [-0.4, -0.2) is 95.1 Å². The summed E-state index contributed by atoms with van der Waals surface area (Å²) in [7, 11) is 1.88. The minimum absolute atomic E-state index is 0.200. The third-order valence-corrected chi connectivity index (χ3v) is 7.86. The number of benzene rings is 1. The molecule has 2 aromatic rings. The van der Waals surface area contributed by atoms with Gasteiger partial charge in [0.1, 0.15) is 5.60 Å². The molecule has 1 aromatic carbocycles. The molecule has 4 amide bonds. The van der Waals surface area contributed by atoms with Crippen LogP contribution in [0.5, 0.6) is 0 Å². The van der Waals surface area contributed by atoms with Crippen molar-refractivity contribution in [2.24, 2.45) is 13.0 Å². The van der Waals surface area contributed by atoms with E-state index < -0.39 is 11.6 Å². The van der Waals surface area contributed by atoms with Crippen LogP contribution in [0.3, 0.4) is 0 Å². The molecule has 39 heavy (non-hydrogen) atoms. The number of aromatic nitrogens is 2. The lowest BCUT2D eigenvalue weighted by Gasteiger charge is -2.43. The van der Waals surface area contributed by atoms with E-state index in [2.05, 4.69) is 39.3 Å². The Morgan fingerprint density at radius 1 is 1.13 bits per heavy atom. The fraction of sp³-hybridized carbons (Fsp3) is 0.643. The molecule has 212 valence electrons. The Balaban J connectivity index is 1.22. The molecule has 11 nitrogen and oxygen atoms in total. The van der Waals surface area contributed by atoms with E-state index in [1.807, 2.05) is 38.8 Å².